The molecule has 0 radical (unpaired) electrons. The zero-order valence-corrected chi connectivity index (χ0v) is 18.6. The fourth-order valence-electron chi connectivity index (χ4n) is 3.74. The van der Waals surface area contributed by atoms with E-state index in [0.29, 0.717) is 33.8 Å². The molecule has 0 saturated heterocycles. The first-order valence-corrected chi connectivity index (χ1v) is 12.1. The summed E-state index contributed by atoms with van der Waals surface area (Å²) in [4.78, 5) is 13.7. The molecule has 0 unspecified atom stereocenters. The van der Waals surface area contributed by atoms with E-state index in [0.717, 1.165) is 12.0 Å². The van der Waals surface area contributed by atoms with E-state index in [2.05, 4.69) is 13.8 Å². The minimum absolute atomic E-state index is 0.111. The molecule has 158 valence electrons. The summed E-state index contributed by atoms with van der Waals surface area (Å²) in [6.45, 7) is 4.34. The van der Waals surface area contributed by atoms with Gasteiger partial charge in [-0.25, -0.2) is 8.42 Å². The Morgan fingerprint density at radius 2 is 1.45 bits per heavy atom. The van der Waals surface area contributed by atoms with Crippen molar-refractivity contribution in [2.75, 3.05) is 6.26 Å². The van der Waals surface area contributed by atoms with Gasteiger partial charge in [-0.2, -0.15) is 0 Å². The summed E-state index contributed by atoms with van der Waals surface area (Å²) in [5, 5.41) is 0.514. The van der Waals surface area contributed by atoms with Gasteiger partial charge in [0, 0.05) is 11.8 Å². The lowest BCUT2D eigenvalue weighted by Crippen LogP contribution is -2.07. The molecule has 0 bridgehead atoms. The second-order valence-corrected chi connectivity index (χ2v) is 10.2. The summed E-state index contributed by atoms with van der Waals surface area (Å²) in [5.74, 6) is 0.973. The van der Waals surface area contributed by atoms with Crippen molar-refractivity contribution < 1.29 is 12.8 Å². The predicted octanol–water partition coefficient (Wildman–Crippen LogP) is 5.73. The van der Waals surface area contributed by atoms with Crippen LogP contribution in [-0.2, 0) is 16.3 Å². The second-order valence-electron chi connectivity index (χ2n) is 8.22. The summed E-state index contributed by atoms with van der Waals surface area (Å²) in [6.07, 6.45) is 2.13. The SMILES string of the molecule is CC(C)Cc1ccc(-c2c(-c3ccc(S(C)(=O)=O)cc3)oc3ccccc3c2=O)cc1. The van der Waals surface area contributed by atoms with E-state index < -0.39 is 9.84 Å². The van der Waals surface area contributed by atoms with E-state index in [1.165, 1.54) is 24.0 Å². The minimum atomic E-state index is -3.31. The lowest BCUT2D eigenvalue weighted by atomic mass is 9.96. The van der Waals surface area contributed by atoms with Crippen LogP contribution in [0.25, 0.3) is 33.4 Å². The predicted molar refractivity (Wildman–Crippen MR) is 125 cm³/mol. The first kappa shape index (κ1) is 21.1. The standard InChI is InChI=1S/C26H24O4S/c1-17(2)16-18-8-10-19(11-9-18)24-25(27)22-6-4-5-7-23(22)30-26(24)20-12-14-21(15-13-20)31(3,28)29/h4-15,17H,16H2,1-3H3. The van der Waals surface area contributed by atoms with Crippen LogP contribution < -0.4 is 5.43 Å². The van der Waals surface area contributed by atoms with Crippen molar-refractivity contribution in [3.05, 3.63) is 88.6 Å². The molecule has 3 aromatic carbocycles. The van der Waals surface area contributed by atoms with Gasteiger partial charge < -0.3 is 4.42 Å². The molecule has 1 aromatic heterocycles. The maximum absolute atomic E-state index is 13.5. The summed E-state index contributed by atoms with van der Waals surface area (Å²) in [7, 11) is -3.31. The topological polar surface area (TPSA) is 64.3 Å². The van der Waals surface area contributed by atoms with Gasteiger partial charge in [0.2, 0.25) is 5.43 Å². The molecule has 0 amide bonds. The Hall–Kier alpha value is -3.18. The minimum Gasteiger partial charge on any atom is -0.455 e. The molecule has 5 heteroatoms. The third kappa shape index (κ3) is 4.32. The lowest BCUT2D eigenvalue weighted by molar-refractivity contribution is 0.601. The zero-order valence-electron chi connectivity index (χ0n) is 17.8. The molecule has 4 aromatic rings. The molecule has 0 fully saturated rings. The third-order valence-electron chi connectivity index (χ3n) is 5.23. The molecule has 0 saturated carbocycles. The van der Waals surface area contributed by atoms with Crippen LogP contribution in [0.2, 0.25) is 0 Å². The second kappa shape index (κ2) is 8.16. The van der Waals surface area contributed by atoms with Gasteiger partial charge in [-0.3, -0.25) is 4.79 Å². The Bertz CT molecular complexity index is 1400. The molecular formula is C26H24O4S. The Labute approximate surface area is 182 Å². The number of hydrogen-bond donors (Lipinski definition) is 0. The molecule has 4 rings (SSSR count). The average Bonchev–Trinajstić information content (AvgIpc) is 2.74. The zero-order chi connectivity index (χ0) is 22.2. The smallest absolute Gasteiger partial charge is 0.201 e. The number of rotatable bonds is 5. The first-order valence-electron chi connectivity index (χ1n) is 10.2. The maximum Gasteiger partial charge on any atom is 0.201 e. The Morgan fingerprint density at radius 1 is 0.839 bits per heavy atom. The van der Waals surface area contributed by atoms with Crippen molar-refractivity contribution >= 4 is 20.8 Å². The van der Waals surface area contributed by atoms with Crippen molar-refractivity contribution in [3.63, 3.8) is 0 Å². The van der Waals surface area contributed by atoms with E-state index in [4.69, 9.17) is 4.42 Å². The van der Waals surface area contributed by atoms with Crippen molar-refractivity contribution in [2.24, 2.45) is 5.92 Å². The molecule has 0 atom stereocenters. The molecule has 0 spiro atoms. The molecular weight excluding hydrogens is 408 g/mol. The fraction of sp³-hybridized carbons (Fsp3) is 0.192. The lowest BCUT2D eigenvalue weighted by Gasteiger charge is -2.12. The summed E-state index contributed by atoms with van der Waals surface area (Å²) >= 11 is 0. The van der Waals surface area contributed by atoms with Gasteiger partial charge in [0.1, 0.15) is 11.3 Å². The van der Waals surface area contributed by atoms with E-state index in [1.807, 2.05) is 36.4 Å². The summed E-state index contributed by atoms with van der Waals surface area (Å²) < 4.78 is 29.9. The third-order valence-corrected chi connectivity index (χ3v) is 6.36. The number of benzene rings is 3. The van der Waals surface area contributed by atoms with Crippen LogP contribution in [0.5, 0.6) is 0 Å². The molecule has 0 aliphatic rings. The van der Waals surface area contributed by atoms with Crippen LogP contribution in [0.15, 0.2) is 86.9 Å². The van der Waals surface area contributed by atoms with Crippen molar-refractivity contribution in [2.45, 2.75) is 25.2 Å². The highest BCUT2D eigenvalue weighted by Gasteiger charge is 2.18. The Balaban J connectivity index is 1.93. The number of para-hydroxylation sites is 1. The van der Waals surface area contributed by atoms with Gasteiger partial charge in [-0.05, 0) is 59.9 Å². The van der Waals surface area contributed by atoms with Crippen LogP contribution >= 0.6 is 0 Å². The van der Waals surface area contributed by atoms with Crippen molar-refractivity contribution in [1.82, 2.24) is 0 Å². The highest BCUT2D eigenvalue weighted by atomic mass is 32.2. The van der Waals surface area contributed by atoms with Gasteiger partial charge in [0.15, 0.2) is 9.84 Å². The highest BCUT2D eigenvalue weighted by Crippen LogP contribution is 2.33. The van der Waals surface area contributed by atoms with Crippen molar-refractivity contribution in [1.29, 1.82) is 0 Å². The maximum atomic E-state index is 13.5. The van der Waals surface area contributed by atoms with Crippen LogP contribution in [0.4, 0.5) is 0 Å². The van der Waals surface area contributed by atoms with Crippen LogP contribution in [0.1, 0.15) is 19.4 Å². The number of sulfone groups is 1. The fourth-order valence-corrected chi connectivity index (χ4v) is 4.37. The normalized spacial score (nSPS) is 11.9. The molecule has 0 aliphatic carbocycles. The number of hydrogen-bond acceptors (Lipinski definition) is 4. The van der Waals surface area contributed by atoms with Crippen molar-refractivity contribution in [3.8, 4) is 22.5 Å². The van der Waals surface area contributed by atoms with E-state index in [9.17, 15) is 13.2 Å². The van der Waals surface area contributed by atoms with Gasteiger partial charge in [-0.1, -0.05) is 50.2 Å². The Kier molecular flexibility index (Phi) is 5.54. The van der Waals surface area contributed by atoms with E-state index in [1.54, 1.807) is 24.3 Å². The molecule has 0 aliphatic heterocycles. The monoisotopic (exact) mass is 432 g/mol. The first-order chi connectivity index (χ1) is 14.7. The van der Waals surface area contributed by atoms with Gasteiger partial charge in [0.25, 0.3) is 0 Å². The van der Waals surface area contributed by atoms with Gasteiger partial charge >= 0.3 is 0 Å². The molecule has 31 heavy (non-hydrogen) atoms. The van der Waals surface area contributed by atoms with Crippen LogP contribution in [-0.4, -0.2) is 14.7 Å². The molecule has 0 N–H and O–H groups in total. The van der Waals surface area contributed by atoms with E-state index >= 15 is 0 Å². The van der Waals surface area contributed by atoms with Crippen LogP contribution in [0.3, 0.4) is 0 Å². The quantitative estimate of drug-likeness (QED) is 0.404. The average molecular weight is 433 g/mol. The van der Waals surface area contributed by atoms with Crippen LogP contribution in [0, 0.1) is 5.92 Å². The number of fused-ring (bicyclic) bond motifs is 1. The molecule has 1 heterocycles. The Morgan fingerprint density at radius 3 is 2.06 bits per heavy atom. The van der Waals surface area contributed by atoms with Gasteiger partial charge in [-0.15, -0.1) is 0 Å². The summed E-state index contributed by atoms with van der Waals surface area (Å²) in [6, 6.07) is 21.6. The highest BCUT2D eigenvalue weighted by molar-refractivity contribution is 7.90. The largest absolute Gasteiger partial charge is 0.455 e. The van der Waals surface area contributed by atoms with E-state index in [-0.39, 0.29) is 10.3 Å². The molecule has 4 nitrogen and oxygen atoms in total. The van der Waals surface area contributed by atoms with Gasteiger partial charge in [0.05, 0.1) is 15.8 Å². The summed E-state index contributed by atoms with van der Waals surface area (Å²) in [5.41, 5.74) is 3.49.